The van der Waals surface area contributed by atoms with Crippen LogP contribution in [0.1, 0.15) is 73.9 Å². The highest BCUT2D eigenvalue weighted by Gasteiger charge is 2.22. The molecule has 4 aromatic carbocycles. The van der Waals surface area contributed by atoms with Crippen LogP contribution in [0.15, 0.2) is 115 Å². The van der Waals surface area contributed by atoms with Crippen molar-refractivity contribution in [3.8, 4) is 0 Å². The van der Waals surface area contributed by atoms with E-state index in [2.05, 4.69) is 187 Å². The molecule has 270 valence electrons. The van der Waals surface area contributed by atoms with E-state index in [1.807, 2.05) is 12.2 Å². The molecule has 51 heavy (non-hydrogen) atoms. The third-order valence-corrected chi connectivity index (χ3v) is 9.44. The average Bonchev–Trinajstić information content (AvgIpc) is 3.08. The lowest BCUT2D eigenvalue weighted by atomic mass is 9.88. The molecule has 0 aliphatic rings. The highest BCUT2D eigenvalue weighted by atomic mass is 15.2. The summed E-state index contributed by atoms with van der Waals surface area (Å²) in [4.78, 5) is 4.80. The first-order valence-corrected chi connectivity index (χ1v) is 18.7. The molecule has 0 fully saturated rings. The predicted octanol–water partition coefficient (Wildman–Crippen LogP) is 12.0. The molecule has 0 heterocycles. The second-order valence-corrected chi connectivity index (χ2v) is 15.2. The van der Waals surface area contributed by atoms with Crippen molar-refractivity contribution in [1.82, 2.24) is 10.6 Å². The monoisotopic (exact) mass is 682 g/mol. The van der Waals surface area contributed by atoms with Crippen molar-refractivity contribution in [2.24, 2.45) is 5.41 Å². The summed E-state index contributed by atoms with van der Waals surface area (Å²) in [6.45, 7) is 26.0. The number of aryl methyl sites for hydroxylation is 5. The minimum Gasteiger partial charge on any atom is -0.316 e. The number of allylic oxidation sites excluding steroid dienone is 4. The van der Waals surface area contributed by atoms with Crippen molar-refractivity contribution in [3.63, 3.8) is 0 Å². The van der Waals surface area contributed by atoms with Crippen LogP contribution in [-0.4, -0.2) is 26.2 Å². The molecule has 4 rings (SSSR count). The highest BCUT2D eigenvalue weighted by molar-refractivity contribution is 5.83. The van der Waals surface area contributed by atoms with Crippen molar-refractivity contribution in [2.75, 3.05) is 29.9 Å². The molecule has 0 bridgehead atoms. The van der Waals surface area contributed by atoms with Gasteiger partial charge in [0.05, 0.1) is 0 Å². The fourth-order valence-corrected chi connectivity index (χ4v) is 6.81. The van der Waals surface area contributed by atoms with E-state index in [1.54, 1.807) is 0 Å². The van der Waals surface area contributed by atoms with Gasteiger partial charge in [0.1, 0.15) is 0 Å². The molecule has 2 N–H and O–H groups in total. The lowest BCUT2D eigenvalue weighted by molar-refractivity contribution is 0.310. The molecule has 0 aromatic heterocycles. The van der Waals surface area contributed by atoms with E-state index in [1.165, 1.54) is 50.4 Å². The Labute approximate surface area is 310 Å². The number of rotatable bonds is 16. The third kappa shape index (κ3) is 10.8. The number of nitrogens with zero attached hydrogens (tertiary/aromatic N) is 2. The fraction of sp³-hybridized carbons (Fsp3) is 0.362. The Balaban J connectivity index is 1.73. The molecule has 1 unspecified atom stereocenters. The second-order valence-electron chi connectivity index (χ2n) is 15.2. The van der Waals surface area contributed by atoms with E-state index in [0.717, 1.165) is 49.4 Å². The summed E-state index contributed by atoms with van der Waals surface area (Å²) in [5.74, 6) is 0. The third-order valence-electron chi connectivity index (χ3n) is 9.44. The summed E-state index contributed by atoms with van der Waals surface area (Å²) >= 11 is 0. The lowest BCUT2D eigenvalue weighted by Gasteiger charge is -2.32. The van der Waals surface area contributed by atoms with Crippen molar-refractivity contribution >= 4 is 28.4 Å². The summed E-state index contributed by atoms with van der Waals surface area (Å²) in [5.41, 5.74) is 14.8. The van der Waals surface area contributed by atoms with E-state index >= 15 is 0 Å². The molecule has 4 heteroatoms. The number of hydrogen-bond acceptors (Lipinski definition) is 4. The molecule has 4 nitrogen and oxygen atoms in total. The first-order chi connectivity index (χ1) is 24.3. The van der Waals surface area contributed by atoms with E-state index < -0.39 is 0 Å². The SMILES string of the molecule is C=C/C=C\C(=C/CC)N(c1ccc(C)cc1)c1cc(C)c(N(c2cccc(C)c2)c2ccc(CCNCC(CC(C)(C)C)NC)c(C)c2)cc1C. The fourth-order valence-electron chi connectivity index (χ4n) is 6.81. The standard InChI is InChI=1S/C47H62N4/c1-12-14-18-41(16-13-2)50(42-23-20-34(3)21-24-42)45-30-38(7)46(31-37(45)6)51(43-19-15-17-35(4)28-43)44-25-22-39(36(5)29-44)26-27-49-33-40(48-11)32-47(8,9)10/h12,14-25,28-31,40,48-49H,1,13,26-27,32-33H2,2-11H3/b18-14-,41-16+. The minimum atomic E-state index is 0.306. The molecular weight excluding hydrogens is 621 g/mol. The first kappa shape index (κ1) is 39.4. The molecule has 1 atom stereocenters. The Morgan fingerprint density at radius 3 is 2.08 bits per heavy atom. The van der Waals surface area contributed by atoms with E-state index in [-0.39, 0.29) is 0 Å². The smallest absolute Gasteiger partial charge is 0.0494 e. The van der Waals surface area contributed by atoms with Crippen molar-refractivity contribution in [2.45, 2.75) is 87.6 Å². The number of anilines is 5. The Morgan fingerprint density at radius 2 is 1.45 bits per heavy atom. The van der Waals surface area contributed by atoms with Gasteiger partial charge in [-0.05, 0) is 155 Å². The van der Waals surface area contributed by atoms with E-state index in [0.29, 0.717) is 11.5 Å². The zero-order chi connectivity index (χ0) is 37.1. The van der Waals surface area contributed by atoms with E-state index in [9.17, 15) is 0 Å². The zero-order valence-corrected chi connectivity index (χ0v) is 33.0. The van der Waals surface area contributed by atoms with E-state index in [4.69, 9.17) is 0 Å². The maximum Gasteiger partial charge on any atom is 0.0494 e. The Bertz CT molecular complexity index is 1810. The zero-order valence-electron chi connectivity index (χ0n) is 33.0. The number of benzene rings is 4. The van der Waals surface area contributed by atoms with Crippen LogP contribution in [0, 0.1) is 40.0 Å². The Hall–Kier alpha value is -4.38. The van der Waals surface area contributed by atoms with Gasteiger partial charge in [-0.25, -0.2) is 0 Å². The lowest BCUT2D eigenvalue weighted by Crippen LogP contribution is -2.39. The Kier molecular flexibility index (Phi) is 14.1. The normalized spacial score (nSPS) is 12.7. The molecule has 0 radical (unpaired) electrons. The molecule has 0 amide bonds. The topological polar surface area (TPSA) is 30.5 Å². The molecule has 0 saturated carbocycles. The first-order valence-electron chi connectivity index (χ1n) is 18.7. The van der Waals surface area contributed by atoms with Crippen LogP contribution in [0.2, 0.25) is 0 Å². The van der Waals surface area contributed by atoms with Crippen LogP contribution < -0.4 is 20.4 Å². The molecule has 0 aliphatic heterocycles. The van der Waals surface area contributed by atoms with Crippen molar-refractivity contribution in [3.05, 3.63) is 149 Å². The minimum absolute atomic E-state index is 0.306. The summed E-state index contributed by atoms with van der Waals surface area (Å²) in [6, 6.07) is 29.8. The van der Waals surface area contributed by atoms with Gasteiger partial charge in [-0.2, -0.15) is 0 Å². The van der Waals surface area contributed by atoms with Crippen LogP contribution >= 0.6 is 0 Å². The average molecular weight is 683 g/mol. The van der Waals surface area contributed by atoms with Crippen molar-refractivity contribution < 1.29 is 0 Å². The number of nitrogens with one attached hydrogen (secondary N) is 2. The van der Waals surface area contributed by atoms with Gasteiger partial charge in [-0.1, -0.05) is 88.4 Å². The summed E-state index contributed by atoms with van der Waals surface area (Å²) in [5, 5.41) is 7.20. The second kappa shape index (κ2) is 18.2. The van der Waals surface area contributed by atoms with Gasteiger partial charge >= 0.3 is 0 Å². The van der Waals surface area contributed by atoms with Gasteiger partial charge in [-0.3, -0.25) is 0 Å². The molecule has 0 spiro atoms. The molecule has 0 saturated heterocycles. The van der Waals surface area contributed by atoms with Crippen LogP contribution in [0.4, 0.5) is 28.4 Å². The van der Waals surface area contributed by atoms with Crippen LogP contribution in [0.25, 0.3) is 0 Å². The van der Waals surface area contributed by atoms with Crippen molar-refractivity contribution in [1.29, 1.82) is 0 Å². The van der Waals surface area contributed by atoms with Gasteiger partial charge in [0.25, 0.3) is 0 Å². The molecular formula is C47H62N4. The largest absolute Gasteiger partial charge is 0.316 e. The predicted molar refractivity (Wildman–Crippen MR) is 225 cm³/mol. The summed E-state index contributed by atoms with van der Waals surface area (Å²) < 4.78 is 0. The summed E-state index contributed by atoms with van der Waals surface area (Å²) in [7, 11) is 2.07. The maximum atomic E-state index is 3.94. The van der Waals surface area contributed by atoms with Gasteiger partial charge < -0.3 is 20.4 Å². The van der Waals surface area contributed by atoms with Gasteiger partial charge in [0.15, 0.2) is 0 Å². The quantitative estimate of drug-likeness (QED) is 0.0909. The van der Waals surface area contributed by atoms with Crippen LogP contribution in [0.3, 0.4) is 0 Å². The summed E-state index contributed by atoms with van der Waals surface area (Å²) in [6.07, 6.45) is 11.4. The number of likely N-dealkylation sites (N-methyl/N-ethyl adjacent to an activating group) is 1. The van der Waals surface area contributed by atoms with Gasteiger partial charge in [-0.15, -0.1) is 0 Å². The van der Waals surface area contributed by atoms with Crippen LogP contribution in [-0.2, 0) is 6.42 Å². The molecule has 4 aromatic rings. The maximum absolute atomic E-state index is 3.94. The Morgan fingerprint density at radius 1 is 0.784 bits per heavy atom. The van der Waals surface area contributed by atoms with Gasteiger partial charge in [0.2, 0.25) is 0 Å². The van der Waals surface area contributed by atoms with Crippen LogP contribution in [0.5, 0.6) is 0 Å². The number of hydrogen-bond donors (Lipinski definition) is 2. The highest BCUT2D eigenvalue weighted by Crippen LogP contribution is 2.42. The molecule has 0 aliphatic carbocycles. The van der Waals surface area contributed by atoms with Gasteiger partial charge in [0, 0.05) is 46.7 Å².